The minimum atomic E-state index is 0.219. The number of carbonyl (C=O) groups excluding carboxylic acids is 1. The van der Waals surface area contributed by atoms with E-state index in [0.29, 0.717) is 6.42 Å². The van der Waals surface area contributed by atoms with Crippen LogP contribution >= 0.6 is 0 Å². The Morgan fingerprint density at radius 2 is 1.67 bits per heavy atom. The van der Waals surface area contributed by atoms with E-state index in [1.54, 1.807) is 14.2 Å². The molecular formula is C16H24N2O3. The maximum Gasteiger partial charge on any atom is 0.223 e. The van der Waals surface area contributed by atoms with Gasteiger partial charge in [0.15, 0.2) is 11.5 Å². The Bertz CT molecular complexity index is 468. The minimum absolute atomic E-state index is 0.219. The molecule has 2 rings (SSSR count). The highest BCUT2D eigenvalue weighted by molar-refractivity contribution is 5.76. The molecule has 0 unspecified atom stereocenters. The molecule has 5 heteroatoms. The summed E-state index contributed by atoms with van der Waals surface area (Å²) in [6, 6.07) is 4.07. The van der Waals surface area contributed by atoms with E-state index in [1.165, 1.54) is 11.1 Å². The molecule has 1 N–H and O–H groups in total. The fraction of sp³-hybridized carbons (Fsp3) is 0.562. The molecular weight excluding hydrogens is 268 g/mol. The first-order valence-electron chi connectivity index (χ1n) is 7.35. The van der Waals surface area contributed by atoms with Crippen molar-refractivity contribution in [2.24, 2.45) is 0 Å². The van der Waals surface area contributed by atoms with E-state index in [4.69, 9.17) is 9.47 Å². The Morgan fingerprint density at radius 1 is 1.14 bits per heavy atom. The molecule has 0 atom stereocenters. The third kappa shape index (κ3) is 3.67. The highest BCUT2D eigenvalue weighted by Crippen LogP contribution is 2.32. The van der Waals surface area contributed by atoms with Gasteiger partial charge in [-0.25, -0.2) is 0 Å². The largest absolute Gasteiger partial charge is 0.493 e. The molecule has 0 aromatic heterocycles. The van der Waals surface area contributed by atoms with Crippen molar-refractivity contribution in [2.75, 3.05) is 40.9 Å². The highest BCUT2D eigenvalue weighted by Gasteiger charge is 2.20. The molecule has 0 saturated carbocycles. The zero-order chi connectivity index (χ0) is 15.2. The van der Waals surface area contributed by atoms with Crippen molar-refractivity contribution < 1.29 is 14.3 Å². The summed E-state index contributed by atoms with van der Waals surface area (Å²) in [6.07, 6.45) is 2.28. The summed E-state index contributed by atoms with van der Waals surface area (Å²) in [4.78, 5) is 14.1. The standard InChI is InChI=1S/C16H24N2O3/c1-17-7-4-16(19)18-8-5-12-10-14(20-2)15(21-3)11-13(12)6-9-18/h10-11,17H,4-9H2,1-3H3. The van der Waals surface area contributed by atoms with Crippen molar-refractivity contribution in [3.8, 4) is 11.5 Å². The first-order valence-corrected chi connectivity index (χ1v) is 7.35. The van der Waals surface area contributed by atoms with E-state index in [1.807, 2.05) is 24.1 Å². The zero-order valence-corrected chi connectivity index (χ0v) is 13.1. The van der Waals surface area contributed by atoms with Gasteiger partial charge in [0.05, 0.1) is 14.2 Å². The van der Waals surface area contributed by atoms with Crippen LogP contribution in [0.1, 0.15) is 17.5 Å². The molecule has 1 amide bonds. The Balaban J connectivity index is 2.11. The summed E-state index contributed by atoms with van der Waals surface area (Å²) >= 11 is 0. The lowest BCUT2D eigenvalue weighted by Crippen LogP contribution is -2.34. The van der Waals surface area contributed by atoms with Gasteiger partial charge in [0.2, 0.25) is 5.91 Å². The van der Waals surface area contributed by atoms with Crippen LogP contribution in [0.15, 0.2) is 12.1 Å². The van der Waals surface area contributed by atoms with Crippen LogP contribution in [0.4, 0.5) is 0 Å². The fourth-order valence-electron chi connectivity index (χ4n) is 2.69. The smallest absolute Gasteiger partial charge is 0.223 e. The van der Waals surface area contributed by atoms with Crippen LogP contribution in [0.2, 0.25) is 0 Å². The monoisotopic (exact) mass is 292 g/mol. The number of nitrogens with one attached hydrogen (secondary N) is 1. The molecule has 1 aliphatic heterocycles. The topological polar surface area (TPSA) is 50.8 Å². The Morgan fingerprint density at radius 3 is 2.10 bits per heavy atom. The molecule has 0 radical (unpaired) electrons. The second kappa shape index (κ2) is 7.31. The number of hydrogen-bond acceptors (Lipinski definition) is 4. The van der Waals surface area contributed by atoms with Crippen molar-refractivity contribution in [3.05, 3.63) is 23.3 Å². The summed E-state index contributed by atoms with van der Waals surface area (Å²) in [7, 11) is 5.16. The van der Waals surface area contributed by atoms with Crippen LogP contribution in [-0.2, 0) is 17.6 Å². The second-order valence-corrected chi connectivity index (χ2v) is 5.21. The van der Waals surface area contributed by atoms with Gasteiger partial charge >= 0.3 is 0 Å². The van der Waals surface area contributed by atoms with Gasteiger partial charge in [-0.05, 0) is 43.1 Å². The van der Waals surface area contributed by atoms with E-state index in [-0.39, 0.29) is 5.91 Å². The van der Waals surface area contributed by atoms with Crippen LogP contribution in [0.25, 0.3) is 0 Å². The van der Waals surface area contributed by atoms with Crippen LogP contribution in [0.3, 0.4) is 0 Å². The SMILES string of the molecule is CNCCC(=O)N1CCc2cc(OC)c(OC)cc2CC1. The molecule has 0 saturated heterocycles. The number of hydrogen-bond donors (Lipinski definition) is 1. The van der Waals surface area contributed by atoms with Crippen molar-refractivity contribution >= 4 is 5.91 Å². The molecule has 1 aliphatic rings. The van der Waals surface area contributed by atoms with E-state index in [0.717, 1.165) is 44.0 Å². The van der Waals surface area contributed by atoms with Crippen molar-refractivity contribution in [1.29, 1.82) is 0 Å². The lowest BCUT2D eigenvalue weighted by atomic mass is 10.0. The average Bonchev–Trinajstić information content (AvgIpc) is 2.73. The first-order chi connectivity index (χ1) is 10.2. The van der Waals surface area contributed by atoms with E-state index < -0.39 is 0 Å². The van der Waals surface area contributed by atoms with Crippen LogP contribution in [-0.4, -0.2) is 51.7 Å². The Labute approximate surface area is 126 Å². The quantitative estimate of drug-likeness (QED) is 0.887. The zero-order valence-electron chi connectivity index (χ0n) is 13.1. The average molecular weight is 292 g/mol. The summed E-state index contributed by atoms with van der Waals surface area (Å²) in [5.74, 6) is 1.73. The second-order valence-electron chi connectivity index (χ2n) is 5.21. The maximum absolute atomic E-state index is 12.1. The number of rotatable bonds is 5. The predicted octanol–water partition coefficient (Wildman–Crippen LogP) is 1.24. The van der Waals surface area contributed by atoms with Crippen LogP contribution in [0.5, 0.6) is 11.5 Å². The van der Waals surface area contributed by atoms with Gasteiger partial charge in [-0.1, -0.05) is 0 Å². The van der Waals surface area contributed by atoms with Gasteiger partial charge in [0.1, 0.15) is 0 Å². The number of fused-ring (bicyclic) bond motifs is 1. The normalized spacial score (nSPS) is 14.3. The third-order valence-corrected chi connectivity index (χ3v) is 3.95. The van der Waals surface area contributed by atoms with Crippen LogP contribution in [0, 0.1) is 0 Å². The molecule has 1 heterocycles. The van der Waals surface area contributed by atoms with Gasteiger partial charge in [0.25, 0.3) is 0 Å². The number of nitrogens with zero attached hydrogens (tertiary/aromatic N) is 1. The lowest BCUT2D eigenvalue weighted by molar-refractivity contribution is -0.130. The molecule has 1 aromatic carbocycles. The third-order valence-electron chi connectivity index (χ3n) is 3.95. The van der Waals surface area contributed by atoms with Crippen molar-refractivity contribution in [3.63, 3.8) is 0 Å². The minimum Gasteiger partial charge on any atom is -0.493 e. The van der Waals surface area contributed by atoms with E-state index in [2.05, 4.69) is 5.32 Å². The molecule has 21 heavy (non-hydrogen) atoms. The summed E-state index contributed by atoms with van der Waals surface area (Å²) in [6.45, 7) is 2.26. The molecule has 0 fully saturated rings. The maximum atomic E-state index is 12.1. The summed E-state index contributed by atoms with van der Waals surface area (Å²) in [5, 5.41) is 3.02. The number of benzene rings is 1. The number of amides is 1. The van der Waals surface area contributed by atoms with Gasteiger partial charge in [-0.2, -0.15) is 0 Å². The number of methoxy groups -OCH3 is 2. The molecule has 5 nitrogen and oxygen atoms in total. The first kappa shape index (κ1) is 15.6. The molecule has 0 aliphatic carbocycles. The van der Waals surface area contributed by atoms with Crippen molar-refractivity contribution in [2.45, 2.75) is 19.3 Å². The molecule has 116 valence electrons. The van der Waals surface area contributed by atoms with E-state index >= 15 is 0 Å². The van der Waals surface area contributed by atoms with Gasteiger partial charge < -0.3 is 19.7 Å². The molecule has 1 aromatic rings. The number of ether oxygens (including phenoxy) is 2. The Hall–Kier alpha value is -1.75. The summed E-state index contributed by atoms with van der Waals surface area (Å²) < 4.78 is 10.7. The molecule has 0 bridgehead atoms. The Kier molecular flexibility index (Phi) is 5.44. The van der Waals surface area contributed by atoms with Gasteiger partial charge in [-0.3, -0.25) is 4.79 Å². The highest BCUT2D eigenvalue weighted by atomic mass is 16.5. The van der Waals surface area contributed by atoms with Crippen molar-refractivity contribution in [1.82, 2.24) is 10.2 Å². The van der Waals surface area contributed by atoms with E-state index in [9.17, 15) is 4.79 Å². The fourth-order valence-corrected chi connectivity index (χ4v) is 2.69. The van der Waals surface area contributed by atoms with Gasteiger partial charge in [0, 0.05) is 26.1 Å². The lowest BCUT2D eigenvalue weighted by Gasteiger charge is -2.20. The van der Waals surface area contributed by atoms with Gasteiger partial charge in [-0.15, -0.1) is 0 Å². The summed E-state index contributed by atoms with van der Waals surface area (Å²) in [5.41, 5.74) is 2.49. The number of carbonyl (C=O) groups is 1. The molecule has 0 spiro atoms. The van der Waals surface area contributed by atoms with Crippen LogP contribution < -0.4 is 14.8 Å². The predicted molar refractivity (Wildman–Crippen MR) is 82.1 cm³/mol.